The molecule has 7 heteroatoms. The first-order chi connectivity index (χ1) is 10.2. The van der Waals surface area contributed by atoms with Crippen LogP contribution in [0, 0.1) is 0 Å². The van der Waals surface area contributed by atoms with Crippen LogP contribution in [0.15, 0.2) is 28.8 Å². The van der Waals surface area contributed by atoms with Crippen molar-refractivity contribution in [2.24, 2.45) is 5.73 Å². The number of benzene rings is 1. The zero-order valence-corrected chi connectivity index (χ0v) is 12.2. The Bertz CT molecular complexity index is 556. The summed E-state index contributed by atoms with van der Waals surface area (Å²) in [5, 5.41) is 13.5. The third kappa shape index (κ3) is 3.78. The Balaban J connectivity index is 2.07. The average Bonchev–Trinajstić information content (AvgIpc) is 2.96. The summed E-state index contributed by atoms with van der Waals surface area (Å²) in [6.45, 7) is 0.670. The van der Waals surface area contributed by atoms with Crippen molar-refractivity contribution < 1.29 is 14.4 Å². The Kier molecular flexibility index (Phi) is 5.26. The highest BCUT2D eigenvalue weighted by Crippen LogP contribution is 2.22. The first-order valence-electron chi connectivity index (χ1n) is 6.64. The lowest BCUT2D eigenvalue weighted by molar-refractivity contribution is 0.139. The van der Waals surface area contributed by atoms with Crippen molar-refractivity contribution in [3.05, 3.63) is 41.5 Å². The maximum atomic E-state index is 9.65. The quantitative estimate of drug-likeness (QED) is 0.775. The van der Waals surface area contributed by atoms with Crippen LogP contribution in [0.25, 0.3) is 0 Å². The molecule has 0 radical (unpaired) electrons. The van der Waals surface area contributed by atoms with Gasteiger partial charge in [0.05, 0.1) is 32.8 Å². The van der Waals surface area contributed by atoms with Gasteiger partial charge >= 0.3 is 0 Å². The Morgan fingerprint density at radius 1 is 1.38 bits per heavy atom. The van der Waals surface area contributed by atoms with Crippen LogP contribution in [0.2, 0.25) is 0 Å². The lowest BCUT2D eigenvalue weighted by atomic mass is 10.1. The number of methoxy groups -OCH3 is 1. The summed E-state index contributed by atoms with van der Waals surface area (Å²) in [4.78, 5) is 6.11. The molecule has 2 rings (SSSR count). The Morgan fingerprint density at radius 2 is 2.10 bits per heavy atom. The van der Waals surface area contributed by atoms with E-state index in [1.165, 1.54) is 0 Å². The van der Waals surface area contributed by atoms with E-state index in [9.17, 15) is 5.11 Å². The second-order valence-electron chi connectivity index (χ2n) is 4.70. The monoisotopic (exact) mass is 292 g/mol. The minimum atomic E-state index is -0.157. The smallest absolute Gasteiger partial charge is 0.240 e. The van der Waals surface area contributed by atoms with Crippen molar-refractivity contribution in [3.8, 4) is 5.75 Å². The molecule has 21 heavy (non-hydrogen) atoms. The molecule has 0 bridgehead atoms. The number of likely N-dealkylation sites (N-methyl/N-ethyl adjacent to an activating group) is 1. The molecule has 0 amide bonds. The molecule has 1 aromatic heterocycles. The van der Waals surface area contributed by atoms with Crippen LogP contribution in [0.1, 0.15) is 23.3 Å². The van der Waals surface area contributed by atoms with Crippen LogP contribution < -0.4 is 10.5 Å². The molecule has 0 fully saturated rings. The molecule has 0 spiro atoms. The molecule has 2 aromatic rings. The molecule has 0 aliphatic heterocycles. The van der Waals surface area contributed by atoms with Crippen molar-refractivity contribution in [2.75, 3.05) is 20.8 Å². The van der Waals surface area contributed by atoms with E-state index >= 15 is 0 Å². The first kappa shape index (κ1) is 15.4. The van der Waals surface area contributed by atoms with Crippen molar-refractivity contribution >= 4 is 0 Å². The van der Waals surface area contributed by atoms with Gasteiger partial charge in [-0.05, 0) is 24.7 Å². The van der Waals surface area contributed by atoms with E-state index < -0.39 is 0 Å². The zero-order valence-electron chi connectivity index (χ0n) is 12.2. The Labute approximate surface area is 123 Å². The van der Waals surface area contributed by atoms with Gasteiger partial charge in [-0.2, -0.15) is 4.98 Å². The van der Waals surface area contributed by atoms with Gasteiger partial charge in [0.15, 0.2) is 5.82 Å². The average molecular weight is 292 g/mol. The van der Waals surface area contributed by atoms with Gasteiger partial charge in [0, 0.05) is 0 Å². The second-order valence-corrected chi connectivity index (χ2v) is 4.70. The molecule has 1 unspecified atom stereocenters. The summed E-state index contributed by atoms with van der Waals surface area (Å²) in [6.07, 6.45) is 0. The number of aliphatic hydroxyl groups is 1. The van der Waals surface area contributed by atoms with Gasteiger partial charge < -0.3 is 20.1 Å². The van der Waals surface area contributed by atoms with Crippen LogP contribution in [0.3, 0.4) is 0 Å². The van der Waals surface area contributed by atoms with Crippen molar-refractivity contribution in [2.45, 2.75) is 19.1 Å². The van der Waals surface area contributed by atoms with E-state index in [1.54, 1.807) is 7.11 Å². The number of rotatable bonds is 7. The lowest BCUT2D eigenvalue weighted by Gasteiger charge is -2.25. The van der Waals surface area contributed by atoms with Gasteiger partial charge in [-0.1, -0.05) is 17.3 Å². The molecule has 1 heterocycles. The fraction of sp³-hybridized carbons (Fsp3) is 0.429. The molecular weight excluding hydrogens is 272 g/mol. The fourth-order valence-electron chi connectivity index (χ4n) is 2.10. The largest absolute Gasteiger partial charge is 0.497 e. The van der Waals surface area contributed by atoms with Gasteiger partial charge in [-0.25, -0.2) is 0 Å². The van der Waals surface area contributed by atoms with E-state index in [-0.39, 0.29) is 19.2 Å². The summed E-state index contributed by atoms with van der Waals surface area (Å²) in [5.41, 5.74) is 6.43. The second kappa shape index (κ2) is 7.16. The van der Waals surface area contributed by atoms with E-state index in [0.29, 0.717) is 18.3 Å². The number of aromatic nitrogens is 2. The summed E-state index contributed by atoms with van der Waals surface area (Å²) >= 11 is 0. The first-order valence-corrected chi connectivity index (χ1v) is 6.64. The fourth-order valence-corrected chi connectivity index (χ4v) is 2.10. The number of nitrogens with two attached hydrogens (primary N) is 1. The molecule has 0 aliphatic rings. The number of nitrogens with zero attached hydrogens (tertiary/aromatic N) is 3. The van der Waals surface area contributed by atoms with Gasteiger partial charge in [-0.15, -0.1) is 0 Å². The predicted molar refractivity (Wildman–Crippen MR) is 76.5 cm³/mol. The molecule has 1 atom stereocenters. The molecule has 0 saturated heterocycles. The Hall–Kier alpha value is -1.96. The van der Waals surface area contributed by atoms with Crippen LogP contribution >= 0.6 is 0 Å². The maximum absolute atomic E-state index is 9.65. The molecule has 1 aromatic carbocycles. The van der Waals surface area contributed by atoms with Crippen LogP contribution in [0.4, 0.5) is 0 Å². The standard InChI is InChI=1S/C14H20N4O3/c1-18(8-13-16-14(7-15)21-17-13)12(9-19)10-3-5-11(20-2)6-4-10/h3-6,12,19H,7-9,15H2,1-2H3. The van der Waals surface area contributed by atoms with E-state index in [0.717, 1.165) is 11.3 Å². The topological polar surface area (TPSA) is 97.6 Å². The van der Waals surface area contributed by atoms with E-state index in [2.05, 4.69) is 10.1 Å². The summed E-state index contributed by atoms with van der Waals surface area (Å²) < 4.78 is 10.1. The van der Waals surface area contributed by atoms with Gasteiger partial charge in [0.25, 0.3) is 0 Å². The molecule has 114 valence electrons. The third-order valence-electron chi connectivity index (χ3n) is 3.28. The number of hydrogen-bond donors (Lipinski definition) is 2. The highest BCUT2D eigenvalue weighted by Gasteiger charge is 2.18. The normalized spacial score (nSPS) is 12.6. The number of ether oxygens (including phenoxy) is 1. The summed E-state index contributed by atoms with van der Waals surface area (Å²) in [7, 11) is 3.51. The lowest BCUT2D eigenvalue weighted by Crippen LogP contribution is -2.27. The van der Waals surface area contributed by atoms with Gasteiger partial charge in [0.1, 0.15) is 5.75 Å². The van der Waals surface area contributed by atoms with Gasteiger partial charge in [-0.3, -0.25) is 4.90 Å². The van der Waals surface area contributed by atoms with Crippen LogP contribution in [-0.2, 0) is 13.1 Å². The predicted octanol–water partition coefficient (Wildman–Crippen LogP) is 0.702. The summed E-state index contributed by atoms with van der Waals surface area (Å²) in [6, 6.07) is 7.44. The minimum absolute atomic E-state index is 0.00950. The number of hydrogen-bond acceptors (Lipinski definition) is 7. The van der Waals surface area contributed by atoms with Crippen LogP contribution in [0.5, 0.6) is 5.75 Å². The van der Waals surface area contributed by atoms with Crippen LogP contribution in [-0.4, -0.2) is 40.9 Å². The maximum Gasteiger partial charge on any atom is 0.240 e. The van der Waals surface area contributed by atoms with Crippen molar-refractivity contribution in [3.63, 3.8) is 0 Å². The highest BCUT2D eigenvalue weighted by molar-refractivity contribution is 5.29. The van der Waals surface area contributed by atoms with E-state index in [1.807, 2.05) is 36.2 Å². The SMILES string of the molecule is COc1ccc(C(CO)N(C)Cc2noc(CN)n2)cc1. The van der Waals surface area contributed by atoms with Crippen molar-refractivity contribution in [1.29, 1.82) is 0 Å². The summed E-state index contributed by atoms with van der Waals surface area (Å²) in [5.74, 6) is 1.73. The molecule has 0 aliphatic carbocycles. The third-order valence-corrected chi connectivity index (χ3v) is 3.28. The van der Waals surface area contributed by atoms with Crippen molar-refractivity contribution in [1.82, 2.24) is 15.0 Å². The minimum Gasteiger partial charge on any atom is -0.497 e. The molecular formula is C14H20N4O3. The molecule has 0 saturated carbocycles. The molecule has 3 N–H and O–H groups in total. The Morgan fingerprint density at radius 3 is 2.62 bits per heavy atom. The van der Waals surface area contributed by atoms with Gasteiger partial charge in [0.2, 0.25) is 5.89 Å². The zero-order chi connectivity index (χ0) is 15.2. The number of aliphatic hydroxyl groups excluding tert-OH is 1. The molecule has 7 nitrogen and oxygen atoms in total. The highest BCUT2D eigenvalue weighted by atomic mass is 16.5. The van der Waals surface area contributed by atoms with E-state index in [4.69, 9.17) is 15.0 Å².